The number of unbranched alkanes of at least 4 members (excludes halogenated alkanes) is 2. The van der Waals surface area contributed by atoms with Crippen molar-refractivity contribution in [2.24, 2.45) is 0 Å². The highest BCUT2D eigenvalue weighted by molar-refractivity contribution is 6.31. The first-order valence-corrected chi connectivity index (χ1v) is 6.63. The molecular formula is C14H18ClNO2. The van der Waals surface area contributed by atoms with Crippen molar-refractivity contribution in [2.75, 3.05) is 6.61 Å². The molecule has 0 aliphatic carbocycles. The van der Waals surface area contributed by atoms with Crippen LogP contribution in [-0.2, 0) is 13.2 Å². The molecule has 0 radical (unpaired) electrons. The van der Waals surface area contributed by atoms with Crippen LogP contribution in [-0.4, -0.2) is 21.4 Å². The van der Waals surface area contributed by atoms with Crippen LogP contribution in [0.25, 0.3) is 10.9 Å². The van der Waals surface area contributed by atoms with Crippen LogP contribution in [0.3, 0.4) is 0 Å². The maximum atomic E-state index is 9.35. The van der Waals surface area contributed by atoms with E-state index in [0.717, 1.165) is 42.3 Å². The van der Waals surface area contributed by atoms with E-state index in [9.17, 15) is 5.11 Å². The minimum Gasteiger partial charge on any atom is -0.396 e. The van der Waals surface area contributed by atoms with Crippen LogP contribution in [0, 0.1) is 0 Å². The number of aliphatic hydroxyl groups excluding tert-OH is 2. The lowest BCUT2D eigenvalue weighted by Crippen LogP contribution is -1.96. The topological polar surface area (TPSA) is 45.4 Å². The fourth-order valence-corrected chi connectivity index (χ4v) is 2.39. The fourth-order valence-electron chi connectivity index (χ4n) is 2.22. The molecule has 1 aromatic heterocycles. The number of benzene rings is 1. The molecule has 0 fully saturated rings. The summed E-state index contributed by atoms with van der Waals surface area (Å²) in [5.41, 5.74) is 2.00. The third-order valence-corrected chi connectivity index (χ3v) is 3.39. The van der Waals surface area contributed by atoms with Gasteiger partial charge in [0, 0.05) is 40.8 Å². The average molecular weight is 268 g/mol. The van der Waals surface area contributed by atoms with Crippen molar-refractivity contribution in [1.82, 2.24) is 4.57 Å². The molecule has 0 saturated carbocycles. The second-order valence-electron chi connectivity index (χ2n) is 4.45. The molecule has 0 unspecified atom stereocenters. The molecule has 1 heterocycles. The number of aromatic nitrogens is 1. The molecule has 0 spiro atoms. The van der Waals surface area contributed by atoms with Crippen molar-refractivity contribution < 1.29 is 10.2 Å². The lowest BCUT2D eigenvalue weighted by Gasteiger charge is -2.05. The number of hydrogen-bond donors (Lipinski definition) is 2. The molecule has 3 nitrogen and oxygen atoms in total. The third-order valence-electron chi connectivity index (χ3n) is 3.15. The fraction of sp³-hybridized carbons (Fsp3) is 0.429. The molecule has 0 amide bonds. The van der Waals surface area contributed by atoms with E-state index in [-0.39, 0.29) is 13.2 Å². The zero-order valence-electron chi connectivity index (χ0n) is 10.3. The standard InChI is InChI=1S/C14H18ClNO2/c15-12-4-5-13-11(10-18)9-16(14(13)8-12)6-2-1-3-7-17/h4-5,8-9,17-18H,1-3,6-7,10H2. The average Bonchev–Trinajstić information content (AvgIpc) is 2.72. The SMILES string of the molecule is OCCCCCn1cc(CO)c2ccc(Cl)cc21. The van der Waals surface area contributed by atoms with E-state index in [0.29, 0.717) is 5.02 Å². The molecule has 0 saturated heterocycles. The van der Waals surface area contributed by atoms with Gasteiger partial charge in [-0.05, 0) is 31.4 Å². The Morgan fingerprint density at radius 2 is 1.94 bits per heavy atom. The Hall–Kier alpha value is -1.03. The molecule has 2 aromatic rings. The molecule has 0 atom stereocenters. The van der Waals surface area contributed by atoms with E-state index in [2.05, 4.69) is 4.57 Å². The number of fused-ring (bicyclic) bond motifs is 1. The quantitative estimate of drug-likeness (QED) is 0.791. The largest absolute Gasteiger partial charge is 0.396 e. The number of rotatable bonds is 6. The smallest absolute Gasteiger partial charge is 0.0702 e. The minimum atomic E-state index is 0.0434. The predicted molar refractivity (Wildman–Crippen MR) is 73.8 cm³/mol. The highest BCUT2D eigenvalue weighted by atomic mass is 35.5. The maximum Gasteiger partial charge on any atom is 0.0702 e. The monoisotopic (exact) mass is 267 g/mol. The van der Waals surface area contributed by atoms with E-state index in [1.807, 2.05) is 24.4 Å². The van der Waals surface area contributed by atoms with Crippen molar-refractivity contribution in [2.45, 2.75) is 32.4 Å². The third kappa shape index (κ3) is 2.86. The summed E-state index contributed by atoms with van der Waals surface area (Å²) in [5.74, 6) is 0. The summed E-state index contributed by atoms with van der Waals surface area (Å²) < 4.78 is 2.13. The van der Waals surface area contributed by atoms with Crippen LogP contribution in [0.4, 0.5) is 0 Å². The molecular weight excluding hydrogens is 250 g/mol. The maximum absolute atomic E-state index is 9.35. The van der Waals surface area contributed by atoms with Crippen LogP contribution in [0.5, 0.6) is 0 Å². The van der Waals surface area contributed by atoms with Gasteiger partial charge in [0.25, 0.3) is 0 Å². The Bertz CT molecular complexity index is 522. The highest BCUT2D eigenvalue weighted by Crippen LogP contribution is 2.25. The number of halogens is 1. The summed E-state index contributed by atoms with van der Waals surface area (Å²) in [4.78, 5) is 0. The second-order valence-corrected chi connectivity index (χ2v) is 4.89. The molecule has 1 aromatic carbocycles. The van der Waals surface area contributed by atoms with E-state index in [1.165, 1.54) is 0 Å². The van der Waals surface area contributed by atoms with E-state index < -0.39 is 0 Å². The number of aliphatic hydroxyl groups is 2. The molecule has 98 valence electrons. The van der Waals surface area contributed by atoms with Gasteiger partial charge >= 0.3 is 0 Å². The van der Waals surface area contributed by atoms with Gasteiger partial charge in [0.05, 0.1) is 6.61 Å². The Kier molecular flexibility index (Phi) is 4.64. The van der Waals surface area contributed by atoms with Crippen LogP contribution >= 0.6 is 11.6 Å². The van der Waals surface area contributed by atoms with Crippen LogP contribution in [0.2, 0.25) is 5.02 Å². The van der Waals surface area contributed by atoms with Crippen molar-refractivity contribution in [1.29, 1.82) is 0 Å². The number of hydrogen-bond acceptors (Lipinski definition) is 2. The van der Waals surface area contributed by atoms with Crippen LogP contribution < -0.4 is 0 Å². The molecule has 0 aliphatic rings. The molecule has 18 heavy (non-hydrogen) atoms. The zero-order valence-corrected chi connectivity index (χ0v) is 11.0. The Balaban J connectivity index is 2.23. The Labute approximate surface area is 112 Å². The minimum absolute atomic E-state index is 0.0434. The normalized spacial score (nSPS) is 11.3. The molecule has 2 rings (SSSR count). The summed E-state index contributed by atoms with van der Waals surface area (Å²) in [6, 6.07) is 5.73. The number of aryl methyl sites for hydroxylation is 1. The highest BCUT2D eigenvalue weighted by Gasteiger charge is 2.08. The van der Waals surface area contributed by atoms with E-state index >= 15 is 0 Å². The van der Waals surface area contributed by atoms with Gasteiger partial charge in [0.1, 0.15) is 0 Å². The van der Waals surface area contributed by atoms with Crippen molar-refractivity contribution in [3.63, 3.8) is 0 Å². The number of nitrogens with zero attached hydrogens (tertiary/aromatic N) is 1. The summed E-state index contributed by atoms with van der Waals surface area (Å²) in [7, 11) is 0. The lowest BCUT2D eigenvalue weighted by atomic mass is 10.2. The zero-order chi connectivity index (χ0) is 13.0. The van der Waals surface area contributed by atoms with Gasteiger partial charge < -0.3 is 14.8 Å². The van der Waals surface area contributed by atoms with Gasteiger partial charge in [-0.1, -0.05) is 17.7 Å². The Morgan fingerprint density at radius 3 is 2.67 bits per heavy atom. The van der Waals surface area contributed by atoms with Crippen molar-refractivity contribution in [3.8, 4) is 0 Å². The Morgan fingerprint density at radius 1 is 1.11 bits per heavy atom. The van der Waals surface area contributed by atoms with Crippen LogP contribution in [0.1, 0.15) is 24.8 Å². The van der Waals surface area contributed by atoms with E-state index in [1.54, 1.807) is 0 Å². The predicted octanol–water partition coefficient (Wildman–Crippen LogP) is 2.95. The van der Waals surface area contributed by atoms with Gasteiger partial charge in [-0.2, -0.15) is 0 Å². The first-order chi connectivity index (χ1) is 8.76. The van der Waals surface area contributed by atoms with Gasteiger partial charge in [0.15, 0.2) is 0 Å². The molecule has 0 aliphatic heterocycles. The van der Waals surface area contributed by atoms with Crippen molar-refractivity contribution >= 4 is 22.5 Å². The van der Waals surface area contributed by atoms with Gasteiger partial charge in [-0.15, -0.1) is 0 Å². The lowest BCUT2D eigenvalue weighted by molar-refractivity contribution is 0.281. The van der Waals surface area contributed by atoms with Gasteiger partial charge in [-0.3, -0.25) is 0 Å². The van der Waals surface area contributed by atoms with E-state index in [4.69, 9.17) is 16.7 Å². The first kappa shape index (κ1) is 13.4. The van der Waals surface area contributed by atoms with Crippen molar-refractivity contribution in [3.05, 3.63) is 35.0 Å². The van der Waals surface area contributed by atoms with Gasteiger partial charge in [-0.25, -0.2) is 0 Å². The summed E-state index contributed by atoms with van der Waals surface area (Å²) in [5, 5.41) is 19.9. The summed E-state index contributed by atoms with van der Waals surface area (Å²) in [6.07, 6.45) is 4.85. The summed E-state index contributed by atoms with van der Waals surface area (Å²) >= 11 is 6.02. The molecule has 4 heteroatoms. The molecule has 0 bridgehead atoms. The molecule has 2 N–H and O–H groups in total. The van der Waals surface area contributed by atoms with Crippen LogP contribution in [0.15, 0.2) is 24.4 Å². The first-order valence-electron chi connectivity index (χ1n) is 6.25. The van der Waals surface area contributed by atoms with Gasteiger partial charge in [0.2, 0.25) is 0 Å². The second kappa shape index (κ2) is 6.23. The summed E-state index contributed by atoms with van der Waals surface area (Å²) in [6.45, 7) is 1.18.